The van der Waals surface area contributed by atoms with Crippen molar-refractivity contribution < 1.29 is 9.53 Å². The van der Waals surface area contributed by atoms with Crippen LogP contribution in [-0.4, -0.2) is 13.1 Å². The molecule has 0 N–H and O–H groups in total. The molecule has 0 saturated heterocycles. The van der Waals surface area contributed by atoms with E-state index >= 15 is 0 Å². The van der Waals surface area contributed by atoms with Crippen molar-refractivity contribution >= 4 is 5.97 Å². The molecular formula is C20H28O2. The molecule has 0 radical (unpaired) electrons. The van der Waals surface area contributed by atoms with Crippen LogP contribution in [0.1, 0.15) is 47.0 Å². The van der Waals surface area contributed by atoms with Gasteiger partial charge in [0.05, 0.1) is 7.11 Å². The van der Waals surface area contributed by atoms with E-state index in [9.17, 15) is 4.79 Å². The third kappa shape index (κ3) is 5.51. The summed E-state index contributed by atoms with van der Waals surface area (Å²) in [7, 11) is 1.39. The molecule has 0 aromatic carbocycles. The molecule has 1 aliphatic carbocycles. The van der Waals surface area contributed by atoms with Gasteiger partial charge in [-0.05, 0) is 44.1 Å². The number of methoxy groups -OCH3 is 1. The minimum absolute atomic E-state index is 0.281. The van der Waals surface area contributed by atoms with E-state index < -0.39 is 0 Å². The van der Waals surface area contributed by atoms with E-state index in [0.717, 1.165) is 0 Å². The second kappa shape index (κ2) is 8.57. The highest BCUT2D eigenvalue weighted by Gasteiger charge is 2.26. The molecule has 0 aromatic heterocycles. The second-order valence-electron chi connectivity index (χ2n) is 6.40. The molecule has 0 spiro atoms. The van der Waals surface area contributed by atoms with Crippen LogP contribution in [0.25, 0.3) is 0 Å². The van der Waals surface area contributed by atoms with Gasteiger partial charge in [-0.2, -0.15) is 0 Å². The van der Waals surface area contributed by atoms with Crippen molar-refractivity contribution in [3.63, 3.8) is 0 Å². The normalized spacial score (nSPS) is 19.6. The number of esters is 1. The van der Waals surface area contributed by atoms with Crippen LogP contribution in [0.2, 0.25) is 0 Å². The molecule has 0 amide bonds. The molecule has 0 atom stereocenters. The van der Waals surface area contributed by atoms with Gasteiger partial charge >= 0.3 is 5.97 Å². The van der Waals surface area contributed by atoms with E-state index in [1.807, 2.05) is 24.3 Å². The fourth-order valence-corrected chi connectivity index (χ4v) is 2.78. The van der Waals surface area contributed by atoms with Crippen molar-refractivity contribution in [1.82, 2.24) is 0 Å². The molecule has 2 heteroatoms. The Morgan fingerprint density at radius 2 is 1.77 bits per heavy atom. The predicted octanol–water partition coefficient (Wildman–Crippen LogP) is 5.30. The molecule has 0 bridgehead atoms. The molecular weight excluding hydrogens is 272 g/mol. The molecule has 0 unspecified atom stereocenters. The van der Waals surface area contributed by atoms with Crippen molar-refractivity contribution in [3.05, 3.63) is 59.3 Å². The summed E-state index contributed by atoms with van der Waals surface area (Å²) < 4.78 is 4.63. The maximum Gasteiger partial charge on any atom is 0.333 e. The van der Waals surface area contributed by atoms with Gasteiger partial charge in [-0.3, -0.25) is 0 Å². The van der Waals surface area contributed by atoms with E-state index in [-0.39, 0.29) is 11.4 Å². The smallest absolute Gasteiger partial charge is 0.333 e. The highest BCUT2D eigenvalue weighted by atomic mass is 16.5. The molecule has 120 valence electrons. The Morgan fingerprint density at radius 1 is 1.14 bits per heavy atom. The number of hydrogen-bond acceptors (Lipinski definition) is 2. The number of carbonyl (C=O) groups is 1. The Balaban J connectivity index is 2.61. The third-order valence-electron chi connectivity index (χ3n) is 4.10. The zero-order chi connectivity index (χ0) is 16.6. The van der Waals surface area contributed by atoms with E-state index in [4.69, 9.17) is 0 Å². The summed E-state index contributed by atoms with van der Waals surface area (Å²) in [5.41, 5.74) is 3.84. The molecule has 1 rings (SSSR count). The highest BCUT2D eigenvalue weighted by molar-refractivity contribution is 5.87. The van der Waals surface area contributed by atoms with Gasteiger partial charge in [-0.25, -0.2) is 4.79 Å². The summed E-state index contributed by atoms with van der Waals surface area (Å²) >= 11 is 0. The first-order valence-electron chi connectivity index (χ1n) is 7.85. The monoisotopic (exact) mass is 300 g/mol. The van der Waals surface area contributed by atoms with Gasteiger partial charge in [-0.15, -0.1) is 0 Å². The van der Waals surface area contributed by atoms with Gasteiger partial charge in [0.15, 0.2) is 0 Å². The van der Waals surface area contributed by atoms with E-state index in [1.54, 1.807) is 13.0 Å². The molecule has 0 fully saturated rings. The van der Waals surface area contributed by atoms with Gasteiger partial charge in [0, 0.05) is 5.57 Å². The molecule has 0 heterocycles. The van der Waals surface area contributed by atoms with Gasteiger partial charge in [-0.1, -0.05) is 62.0 Å². The maximum atomic E-state index is 11.2. The van der Waals surface area contributed by atoms with Crippen LogP contribution < -0.4 is 0 Å². The average Bonchev–Trinajstić information content (AvgIpc) is 2.47. The van der Waals surface area contributed by atoms with Crippen LogP contribution in [0, 0.1) is 5.41 Å². The first kappa shape index (κ1) is 18.2. The molecule has 2 nitrogen and oxygen atoms in total. The van der Waals surface area contributed by atoms with E-state index in [1.165, 1.54) is 37.5 Å². The van der Waals surface area contributed by atoms with Crippen molar-refractivity contribution in [2.75, 3.05) is 7.11 Å². The van der Waals surface area contributed by atoms with Crippen LogP contribution in [0.3, 0.4) is 0 Å². The number of rotatable bonds is 5. The lowest BCUT2D eigenvalue weighted by Crippen LogP contribution is -2.18. The summed E-state index contributed by atoms with van der Waals surface area (Å²) in [6.45, 7) is 8.61. The Bertz CT molecular complexity index is 540. The lowest BCUT2D eigenvalue weighted by molar-refractivity contribution is -0.136. The Morgan fingerprint density at radius 3 is 2.41 bits per heavy atom. The largest absolute Gasteiger partial charge is 0.466 e. The summed E-state index contributed by atoms with van der Waals surface area (Å²) in [4.78, 5) is 11.2. The summed E-state index contributed by atoms with van der Waals surface area (Å²) in [5, 5.41) is 0. The van der Waals surface area contributed by atoms with Crippen LogP contribution >= 0.6 is 0 Å². The first-order valence-corrected chi connectivity index (χ1v) is 7.85. The van der Waals surface area contributed by atoms with Crippen LogP contribution in [-0.2, 0) is 9.53 Å². The van der Waals surface area contributed by atoms with Gasteiger partial charge < -0.3 is 4.74 Å². The van der Waals surface area contributed by atoms with Crippen molar-refractivity contribution in [1.29, 1.82) is 0 Å². The molecule has 0 aliphatic heterocycles. The minimum Gasteiger partial charge on any atom is -0.466 e. The van der Waals surface area contributed by atoms with E-state index in [0.29, 0.717) is 5.57 Å². The quantitative estimate of drug-likeness (QED) is 0.391. The lowest BCUT2D eigenvalue weighted by Gasteiger charge is -2.32. The SMILES string of the molecule is COC(=O)C(C)=CC=CC=CC=CC1=C(C)CCCC1(C)C. The van der Waals surface area contributed by atoms with Crippen molar-refractivity contribution in [2.24, 2.45) is 5.41 Å². The molecule has 1 aliphatic rings. The fraction of sp³-hybridized carbons (Fsp3) is 0.450. The second-order valence-corrected chi connectivity index (χ2v) is 6.40. The summed E-state index contributed by atoms with van der Waals surface area (Å²) in [6, 6.07) is 0. The van der Waals surface area contributed by atoms with Crippen LogP contribution in [0.15, 0.2) is 59.3 Å². The zero-order valence-electron chi connectivity index (χ0n) is 14.5. The number of hydrogen-bond donors (Lipinski definition) is 0. The van der Waals surface area contributed by atoms with Crippen molar-refractivity contribution in [2.45, 2.75) is 47.0 Å². The predicted molar refractivity (Wildman–Crippen MR) is 93.5 cm³/mol. The third-order valence-corrected chi connectivity index (χ3v) is 4.10. The van der Waals surface area contributed by atoms with Gasteiger partial charge in [0.2, 0.25) is 0 Å². The number of allylic oxidation sites excluding steroid dienone is 9. The van der Waals surface area contributed by atoms with Gasteiger partial charge in [0.1, 0.15) is 0 Å². The van der Waals surface area contributed by atoms with E-state index in [2.05, 4.69) is 37.7 Å². The number of carbonyl (C=O) groups excluding carboxylic acids is 1. The fourth-order valence-electron chi connectivity index (χ4n) is 2.78. The Labute approximate surface area is 134 Å². The minimum atomic E-state index is -0.296. The Kier molecular flexibility index (Phi) is 7.10. The average molecular weight is 300 g/mol. The lowest BCUT2D eigenvalue weighted by atomic mass is 9.73. The standard InChI is InChI=1S/C20H28O2/c1-16-13-11-15-20(3,4)18(16)14-10-8-6-7-9-12-17(2)19(21)22-5/h6-10,12,14H,11,13,15H2,1-5H3. The Hall–Kier alpha value is -1.83. The first-order chi connectivity index (χ1) is 10.4. The van der Waals surface area contributed by atoms with Gasteiger partial charge in [0.25, 0.3) is 0 Å². The molecule has 22 heavy (non-hydrogen) atoms. The van der Waals surface area contributed by atoms with Crippen molar-refractivity contribution in [3.8, 4) is 0 Å². The number of ether oxygens (including phenoxy) is 1. The zero-order valence-corrected chi connectivity index (χ0v) is 14.5. The summed E-state index contributed by atoms with van der Waals surface area (Å²) in [6.07, 6.45) is 17.6. The highest BCUT2D eigenvalue weighted by Crippen LogP contribution is 2.40. The maximum absolute atomic E-state index is 11.2. The summed E-state index contributed by atoms with van der Waals surface area (Å²) in [5.74, 6) is -0.296. The molecule has 0 saturated carbocycles. The molecule has 0 aromatic rings. The van der Waals surface area contributed by atoms with Crippen LogP contribution in [0.4, 0.5) is 0 Å². The van der Waals surface area contributed by atoms with Crippen LogP contribution in [0.5, 0.6) is 0 Å². The topological polar surface area (TPSA) is 26.3 Å².